The number of fused-ring (bicyclic) bond motifs is 1. The molecule has 0 bridgehead atoms. The lowest BCUT2D eigenvalue weighted by Crippen LogP contribution is -2.32. The summed E-state index contributed by atoms with van der Waals surface area (Å²) in [4.78, 5) is 10.9. The van der Waals surface area contributed by atoms with Gasteiger partial charge in [-0.1, -0.05) is 0 Å². The average Bonchev–Trinajstić information content (AvgIpc) is 2.40. The van der Waals surface area contributed by atoms with Crippen LogP contribution in [0.15, 0.2) is 4.47 Å². The Bertz CT molecular complexity index is 528. The summed E-state index contributed by atoms with van der Waals surface area (Å²) in [7, 11) is 0. The first-order valence-corrected chi connectivity index (χ1v) is 7.22. The van der Waals surface area contributed by atoms with E-state index in [1.807, 2.05) is 6.92 Å². The topological polar surface area (TPSA) is 83.6 Å². The van der Waals surface area contributed by atoms with Gasteiger partial charge in [-0.2, -0.15) is 0 Å². The molecule has 1 aromatic rings. The fourth-order valence-corrected chi connectivity index (χ4v) is 3.43. The van der Waals surface area contributed by atoms with Crippen LogP contribution in [0, 0.1) is 6.92 Å². The summed E-state index contributed by atoms with van der Waals surface area (Å²) in [5, 5.41) is 19.2. The second-order valence-corrected chi connectivity index (χ2v) is 5.87. The first-order chi connectivity index (χ1) is 8.93. The van der Waals surface area contributed by atoms with E-state index in [1.165, 1.54) is 5.56 Å². The summed E-state index contributed by atoms with van der Waals surface area (Å²) in [6.07, 6.45) is 4.35. The summed E-state index contributed by atoms with van der Waals surface area (Å²) in [5.41, 5.74) is 9.63. The molecule has 5 heteroatoms. The number of carboxylic acid groups (broad SMARTS) is 1. The van der Waals surface area contributed by atoms with Crippen LogP contribution in [-0.2, 0) is 24.1 Å². The lowest BCUT2D eigenvalue weighted by molar-refractivity contribution is -0.138. The van der Waals surface area contributed by atoms with Crippen molar-refractivity contribution in [3.63, 3.8) is 0 Å². The number of phenolic OH excluding ortho intramolecular Hbond substituents is 1. The van der Waals surface area contributed by atoms with Crippen LogP contribution in [-0.4, -0.2) is 22.2 Å². The van der Waals surface area contributed by atoms with Crippen LogP contribution in [0.3, 0.4) is 0 Å². The minimum Gasteiger partial charge on any atom is -0.506 e. The Morgan fingerprint density at radius 2 is 1.95 bits per heavy atom. The zero-order chi connectivity index (χ0) is 14.2. The number of rotatable bonds is 3. The Labute approximate surface area is 120 Å². The Kier molecular flexibility index (Phi) is 4.16. The lowest BCUT2D eigenvalue weighted by atomic mass is 9.84. The normalized spacial score (nSPS) is 15.9. The third-order valence-corrected chi connectivity index (χ3v) is 4.73. The molecule has 0 radical (unpaired) electrons. The number of aromatic hydroxyl groups is 1. The van der Waals surface area contributed by atoms with Gasteiger partial charge >= 0.3 is 5.97 Å². The van der Waals surface area contributed by atoms with Crippen molar-refractivity contribution in [3.05, 3.63) is 26.7 Å². The Morgan fingerprint density at radius 3 is 2.53 bits per heavy atom. The molecular weight excluding hydrogens is 310 g/mol. The number of carboxylic acids is 1. The molecule has 0 spiro atoms. The molecule has 1 unspecified atom stereocenters. The summed E-state index contributed by atoms with van der Waals surface area (Å²) in [6, 6.07) is -0.988. The van der Waals surface area contributed by atoms with Crippen LogP contribution in [0.4, 0.5) is 0 Å². The molecule has 1 aliphatic carbocycles. The molecule has 4 N–H and O–H groups in total. The van der Waals surface area contributed by atoms with Gasteiger partial charge in [0.05, 0.1) is 4.47 Å². The third kappa shape index (κ3) is 2.62. The van der Waals surface area contributed by atoms with E-state index in [2.05, 4.69) is 15.9 Å². The van der Waals surface area contributed by atoms with Crippen molar-refractivity contribution >= 4 is 21.9 Å². The van der Waals surface area contributed by atoms with Gasteiger partial charge in [0.15, 0.2) is 0 Å². The molecule has 0 aliphatic heterocycles. The standard InChI is InChI=1S/C14H18BrNO3/c1-7-8-4-2-3-5-9(8)12(15)13(17)10(7)6-11(16)14(18)19/h11,17H,2-6,16H2,1H3,(H,18,19). The number of hydrogen-bond donors (Lipinski definition) is 3. The number of halogens is 1. The minimum atomic E-state index is -1.05. The quantitative estimate of drug-likeness (QED) is 0.795. The maximum absolute atomic E-state index is 10.9. The largest absolute Gasteiger partial charge is 0.506 e. The van der Waals surface area contributed by atoms with Gasteiger partial charge in [0.2, 0.25) is 0 Å². The van der Waals surface area contributed by atoms with E-state index in [0.29, 0.717) is 10.0 Å². The first kappa shape index (κ1) is 14.3. The molecule has 0 saturated heterocycles. The molecule has 0 aromatic heterocycles. The van der Waals surface area contributed by atoms with Gasteiger partial charge in [-0.05, 0) is 65.2 Å². The van der Waals surface area contributed by atoms with Gasteiger partial charge in [-0.3, -0.25) is 4.79 Å². The maximum Gasteiger partial charge on any atom is 0.320 e. The van der Waals surface area contributed by atoms with Crippen LogP contribution in [0.2, 0.25) is 0 Å². The lowest BCUT2D eigenvalue weighted by Gasteiger charge is -2.24. The highest BCUT2D eigenvalue weighted by Gasteiger charge is 2.24. The number of phenols is 1. The van der Waals surface area contributed by atoms with E-state index < -0.39 is 12.0 Å². The SMILES string of the molecule is Cc1c(CC(N)C(=O)O)c(O)c(Br)c2c1CCCC2. The molecule has 0 saturated carbocycles. The van der Waals surface area contributed by atoms with Gasteiger partial charge in [0.25, 0.3) is 0 Å². The molecule has 0 fully saturated rings. The van der Waals surface area contributed by atoms with E-state index in [0.717, 1.165) is 36.8 Å². The van der Waals surface area contributed by atoms with E-state index in [1.54, 1.807) is 0 Å². The number of carbonyl (C=O) groups is 1. The highest BCUT2D eigenvalue weighted by atomic mass is 79.9. The second kappa shape index (κ2) is 5.51. The van der Waals surface area contributed by atoms with E-state index in [4.69, 9.17) is 10.8 Å². The molecule has 4 nitrogen and oxygen atoms in total. The second-order valence-electron chi connectivity index (χ2n) is 5.08. The molecule has 19 heavy (non-hydrogen) atoms. The summed E-state index contributed by atoms with van der Waals surface area (Å²) in [6.45, 7) is 1.94. The van der Waals surface area contributed by atoms with Gasteiger partial charge in [0, 0.05) is 12.0 Å². The van der Waals surface area contributed by atoms with Crippen LogP contribution in [0.1, 0.15) is 35.1 Å². The van der Waals surface area contributed by atoms with Crippen LogP contribution < -0.4 is 5.73 Å². The molecule has 104 valence electrons. The number of benzene rings is 1. The smallest absolute Gasteiger partial charge is 0.320 e. The monoisotopic (exact) mass is 327 g/mol. The van der Waals surface area contributed by atoms with Crippen molar-refractivity contribution in [2.75, 3.05) is 0 Å². The van der Waals surface area contributed by atoms with Crippen molar-refractivity contribution in [1.29, 1.82) is 0 Å². The van der Waals surface area contributed by atoms with Gasteiger partial charge in [-0.15, -0.1) is 0 Å². The third-order valence-electron chi connectivity index (χ3n) is 3.87. The number of aliphatic carboxylic acids is 1. The maximum atomic E-state index is 10.9. The van der Waals surface area contributed by atoms with Gasteiger partial charge in [-0.25, -0.2) is 0 Å². The van der Waals surface area contributed by atoms with Crippen LogP contribution >= 0.6 is 15.9 Å². The van der Waals surface area contributed by atoms with Gasteiger partial charge in [0.1, 0.15) is 11.8 Å². The fraction of sp³-hybridized carbons (Fsp3) is 0.500. The molecular formula is C14H18BrNO3. The Morgan fingerprint density at radius 1 is 1.37 bits per heavy atom. The molecule has 0 amide bonds. The Balaban J connectivity index is 2.49. The van der Waals surface area contributed by atoms with Gasteiger partial charge < -0.3 is 15.9 Å². The molecule has 1 atom stereocenters. The zero-order valence-electron chi connectivity index (χ0n) is 10.9. The van der Waals surface area contributed by atoms with Crippen molar-refractivity contribution in [2.24, 2.45) is 5.73 Å². The predicted octanol–water partition coefficient (Wildman–Crippen LogP) is 2.30. The Hall–Kier alpha value is -1.07. The zero-order valence-corrected chi connectivity index (χ0v) is 12.5. The van der Waals surface area contributed by atoms with E-state index in [-0.39, 0.29) is 12.2 Å². The number of hydrogen-bond acceptors (Lipinski definition) is 3. The summed E-state index contributed by atoms with van der Waals surface area (Å²) in [5.74, 6) is -0.900. The van der Waals surface area contributed by atoms with Crippen LogP contribution in [0.5, 0.6) is 5.75 Å². The van der Waals surface area contributed by atoms with Crippen LogP contribution in [0.25, 0.3) is 0 Å². The van der Waals surface area contributed by atoms with Crippen molar-refractivity contribution < 1.29 is 15.0 Å². The highest BCUT2D eigenvalue weighted by Crippen LogP contribution is 2.40. The minimum absolute atomic E-state index is 0.148. The summed E-state index contributed by atoms with van der Waals surface area (Å²) >= 11 is 3.44. The highest BCUT2D eigenvalue weighted by molar-refractivity contribution is 9.10. The molecule has 2 rings (SSSR count). The fourth-order valence-electron chi connectivity index (χ4n) is 2.75. The molecule has 1 aliphatic rings. The van der Waals surface area contributed by atoms with E-state index in [9.17, 15) is 9.90 Å². The molecule has 0 heterocycles. The van der Waals surface area contributed by atoms with Crippen molar-refractivity contribution in [2.45, 2.75) is 45.1 Å². The average molecular weight is 328 g/mol. The van der Waals surface area contributed by atoms with Crippen molar-refractivity contribution in [3.8, 4) is 5.75 Å². The molecule has 1 aromatic carbocycles. The van der Waals surface area contributed by atoms with Crippen molar-refractivity contribution in [1.82, 2.24) is 0 Å². The van der Waals surface area contributed by atoms with E-state index >= 15 is 0 Å². The first-order valence-electron chi connectivity index (χ1n) is 6.43. The number of nitrogens with two attached hydrogens (primary N) is 1. The summed E-state index contributed by atoms with van der Waals surface area (Å²) < 4.78 is 0.709. The predicted molar refractivity (Wildman–Crippen MR) is 76.5 cm³/mol.